The molecule has 1 aromatic heterocycles. The number of rotatable bonds is 5. The zero-order valence-electron chi connectivity index (χ0n) is 15.4. The summed E-state index contributed by atoms with van der Waals surface area (Å²) >= 11 is 7.79. The lowest BCUT2D eigenvalue weighted by Gasteiger charge is -2.20. The molecule has 0 atom stereocenters. The minimum atomic E-state index is 0.0182. The molecule has 1 amide bonds. The van der Waals surface area contributed by atoms with Crippen LogP contribution in [0.4, 0.5) is 5.13 Å². The summed E-state index contributed by atoms with van der Waals surface area (Å²) in [6.45, 7) is 2.51. The Bertz CT molecular complexity index is 1120. The quantitative estimate of drug-likeness (QED) is 0.405. The summed E-state index contributed by atoms with van der Waals surface area (Å²) in [4.78, 5) is 19.7. The summed E-state index contributed by atoms with van der Waals surface area (Å²) in [7, 11) is 0. The van der Waals surface area contributed by atoms with Crippen LogP contribution in [0.25, 0.3) is 10.2 Å². The molecule has 1 heterocycles. The number of fused-ring (bicyclic) bond motifs is 1. The molecular formula is C23H19ClN2OS. The number of halogens is 1. The van der Waals surface area contributed by atoms with Gasteiger partial charge in [0, 0.05) is 0 Å². The van der Waals surface area contributed by atoms with Gasteiger partial charge in [0.15, 0.2) is 5.13 Å². The average molecular weight is 407 g/mol. The largest absolute Gasteiger partial charge is 0.283 e. The van der Waals surface area contributed by atoms with E-state index in [1.165, 1.54) is 11.3 Å². The van der Waals surface area contributed by atoms with E-state index in [0.29, 0.717) is 23.1 Å². The Kier molecular flexibility index (Phi) is 5.42. The molecule has 0 spiro atoms. The second-order valence-corrected chi connectivity index (χ2v) is 8.13. The summed E-state index contributed by atoms with van der Waals surface area (Å²) in [5, 5.41) is 1.27. The normalized spacial score (nSPS) is 10.9. The minimum absolute atomic E-state index is 0.0182. The van der Waals surface area contributed by atoms with E-state index in [1.54, 1.807) is 4.90 Å². The maximum absolute atomic E-state index is 13.3. The number of benzene rings is 3. The topological polar surface area (TPSA) is 33.2 Å². The average Bonchev–Trinajstić information content (AvgIpc) is 3.12. The maximum atomic E-state index is 13.3. The molecule has 0 radical (unpaired) electrons. The van der Waals surface area contributed by atoms with Gasteiger partial charge in [0.2, 0.25) is 5.91 Å². The van der Waals surface area contributed by atoms with E-state index in [0.717, 1.165) is 26.9 Å². The van der Waals surface area contributed by atoms with Crippen LogP contribution < -0.4 is 4.90 Å². The number of carbonyl (C=O) groups excluding carboxylic acids is 1. The van der Waals surface area contributed by atoms with E-state index in [-0.39, 0.29) is 5.91 Å². The van der Waals surface area contributed by atoms with Crippen LogP contribution in [0.5, 0.6) is 0 Å². The third-order valence-corrected chi connectivity index (χ3v) is 5.86. The Balaban J connectivity index is 1.70. The molecule has 0 aliphatic rings. The number of amides is 1. The molecule has 0 fully saturated rings. The molecule has 0 unspecified atom stereocenters. The zero-order chi connectivity index (χ0) is 19.5. The summed E-state index contributed by atoms with van der Waals surface area (Å²) in [5.74, 6) is 0.0182. The number of hydrogen-bond donors (Lipinski definition) is 0. The van der Waals surface area contributed by atoms with Gasteiger partial charge in [0.05, 0.1) is 22.7 Å². The standard InChI is InChI=1S/C23H19ClN2OS/c1-16-7-5-10-18(13-16)14-21(27)26(15-17-8-3-2-4-9-17)23-25-22-19(24)11-6-12-20(22)28-23/h2-13H,14-15H2,1H3. The SMILES string of the molecule is Cc1cccc(CC(=O)N(Cc2ccccc2)c2nc3c(Cl)cccc3s2)c1. The number of nitrogens with zero attached hydrogens (tertiary/aromatic N) is 2. The highest BCUT2D eigenvalue weighted by molar-refractivity contribution is 7.22. The van der Waals surface area contributed by atoms with Crippen molar-refractivity contribution in [1.82, 2.24) is 4.98 Å². The van der Waals surface area contributed by atoms with Crippen LogP contribution in [0.15, 0.2) is 72.8 Å². The molecule has 3 aromatic carbocycles. The van der Waals surface area contributed by atoms with Crippen molar-refractivity contribution in [2.75, 3.05) is 4.90 Å². The van der Waals surface area contributed by atoms with Crippen molar-refractivity contribution < 1.29 is 4.79 Å². The molecule has 4 aromatic rings. The van der Waals surface area contributed by atoms with E-state index >= 15 is 0 Å². The number of aryl methyl sites for hydroxylation is 1. The molecule has 0 N–H and O–H groups in total. The third-order valence-electron chi connectivity index (χ3n) is 4.51. The van der Waals surface area contributed by atoms with Gasteiger partial charge in [-0.05, 0) is 30.2 Å². The molecule has 5 heteroatoms. The fraction of sp³-hybridized carbons (Fsp3) is 0.130. The molecule has 140 valence electrons. The van der Waals surface area contributed by atoms with Gasteiger partial charge in [-0.3, -0.25) is 9.69 Å². The lowest BCUT2D eigenvalue weighted by molar-refractivity contribution is -0.118. The van der Waals surface area contributed by atoms with Crippen molar-refractivity contribution in [3.05, 3.63) is 94.5 Å². The van der Waals surface area contributed by atoms with Crippen molar-refractivity contribution in [3.63, 3.8) is 0 Å². The van der Waals surface area contributed by atoms with Gasteiger partial charge >= 0.3 is 0 Å². The number of hydrogen-bond acceptors (Lipinski definition) is 3. The summed E-state index contributed by atoms with van der Waals surface area (Å²) < 4.78 is 0.976. The second kappa shape index (κ2) is 8.13. The van der Waals surface area contributed by atoms with Crippen LogP contribution in [0.2, 0.25) is 5.02 Å². The van der Waals surface area contributed by atoms with Crippen LogP contribution in [-0.4, -0.2) is 10.9 Å². The Morgan fingerprint density at radius 1 is 1.00 bits per heavy atom. The van der Waals surface area contributed by atoms with Crippen molar-refractivity contribution >= 4 is 44.2 Å². The van der Waals surface area contributed by atoms with Crippen LogP contribution in [0.3, 0.4) is 0 Å². The molecule has 0 aliphatic carbocycles. The van der Waals surface area contributed by atoms with Gasteiger partial charge in [-0.25, -0.2) is 4.98 Å². The Morgan fingerprint density at radius 2 is 1.75 bits per heavy atom. The third kappa shape index (κ3) is 4.08. The zero-order valence-corrected chi connectivity index (χ0v) is 17.0. The van der Waals surface area contributed by atoms with Crippen LogP contribution in [-0.2, 0) is 17.8 Å². The predicted octanol–water partition coefficient (Wildman–Crippen LogP) is 6.03. The van der Waals surface area contributed by atoms with E-state index in [1.807, 2.05) is 79.7 Å². The number of para-hydroxylation sites is 1. The smallest absolute Gasteiger partial charge is 0.233 e. The minimum Gasteiger partial charge on any atom is -0.283 e. The van der Waals surface area contributed by atoms with Gasteiger partial charge in [-0.1, -0.05) is 89.2 Å². The number of aromatic nitrogens is 1. The first-order chi connectivity index (χ1) is 13.6. The van der Waals surface area contributed by atoms with Crippen molar-refractivity contribution in [2.24, 2.45) is 0 Å². The molecule has 0 saturated heterocycles. The van der Waals surface area contributed by atoms with Gasteiger partial charge in [-0.2, -0.15) is 0 Å². The monoisotopic (exact) mass is 406 g/mol. The summed E-state index contributed by atoms with van der Waals surface area (Å²) in [6.07, 6.45) is 0.332. The van der Waals surface area contributed by atoms with E-state index in [2.05, 4.69) is 4.98 Å². The number of anilines is 1. The van der Waals surface area contributed by atoms with Gasteiger partial charge in [0.1, 0.15) is 5.52 Å². The first kappa shape index (κ1) is 18.7. The van der Waals surface area contributed by atoms with Crippen molar-refractivity contribution in [3.8, 4) is 0 Å². The van der Waals surface area contributed by atoms with E-state index in [4.69, 9.17) is 11.6 Å². The van der Waals surface area contributed by atoms with Gasteiger partial charge in [0.25, 0.3) is 0 Å². The maximum Gasteiger partial charge on any atom is 0.233 e. The predicted molar refractivity (Wildman–Crippen MR) is 117 cm³/mol. The summed E-state index contributed by atoms with van der Waals surface area (Å²) in [5.41, 5.74) is 3.95. The molecule has 0 saturated carbocycles. The lowest BCUT2D eigenvalue weighted by atomic mass is 10.1. The molecule has 0 aliphatic heterocycles. The second-order valence-electron chi connectivity index (χ2n) is 6.71. The fourth-order valence-corrected chi connectivity index (χ4v) is 4.42. The molecule has 0 bridgehead atoms. The van der Waals surface area contributed by atoms with E-state index in [9.17, 15) is 4.79 Å². The highest BCUT2D eigenvalue weighted by Crippen LogP contribution is 2.33. The number of carbonyl (C=O) groups is 1. The van der Waals surface area contributed by atoms with Gasteiger partial charge in [-0.15, -0.1) is 0 Å². The first-order valence-electron chi connectivity index (χ1n) is 9.05. The Morgan fingerprint density at radius 3 is 2.50 bits per heavy atom. The molecule has 4 rings (SSSR count). The lowest BCUT2D eigenvalue weighted by Crippen LogP contribution is -2.31. The van der Waals surface area contributed by atoms with Crippen LogP contribution in [0.1, 0.15) is 16.7 Å². The molecule has 28 heavy (non-hydrogen) atoms. The molecular weight excluding hydrogens is 388 g/mol. The van der Waals surface area contributed by atoms with Crippen LogP contribution >= 0.6 is 22.9 Å². The fourth-order valence-electron chi connectivity index (χ4n) is 3.14. The summed E-state index contributed by atoms with van der Waals surface area (Å²) in [6, 6.07) is 23.7. The highest BCUT2D eigenvalue weighted by atomic mass is 35.5. The Labute approximate surface area is 173 Å². The van der Waals surface area contributed by atoms with Crippen LogP contribution in [0, 0.1) is 6.92 Å². The number of thiazole rings is 1. The highest BCUT2D eigenvalue weighted by Gasteiger charge is 2.21. The Hall–Kier alpha value is -2.69. The van der Waals surface area contributed by atoms with E-state index < -0.39 is 0 Å². The first-order valence-corrected chi connectivity index (χ1v) is 10.2. The van der Waals surface area contributed by atoms with Crippen molar-refractivity contribution in [1.29, 1.82) is 0 Å². The van der Waals surface area contributed by atoms with Crippen molar-refractivity contribution in [2.45, 2.75) is 19.9 Å². The molecule has 3 nitrogen and oxygen atoms in total. The van der Waals surface area contributed by atoms with Gasteiger partial charge < -0.3 is 0 Å².